The molecule has 3 rings (SSSR count). The quantitative estimate of drug-likeness (QED) is 0.923. The van der Waals surface area contributed by atoms with Crippen LogP contribution in [0.1, 0.15) is 28.8 Å². The molecule has 0 radical (unpaired) electrons. The summed E-state index contributed by atoms with van der Waals surface area (Å²) in [6, 6.07) is 14.9. The van der Waals surface area contributed by atoms with Gasteiger partial charge in [-0.15, -0.1) is 0 Å². The maximum Gasteiger partial charge on any atom is 0.128 e. The van der Waals surface area contributed by atoms with E-state index in [4.69, 9.17) is 4.74 Å². The molecule has 1 aliphatic heterocycles. The highest BCUT2D eigenvalue weighted by atomic mass is 19.1. The number of rotatable bonds is 3. The minimum Gasteiger partial charge on any atom is -0.371 e. The van der Waals surface area contributed by atoms with E-state index < -0.39 is 0 Å². The molecule has 104 valence electrons. The summed E-state index contributed by atoms with van der Waals surface area (Å²) in [5.41, 5.74) is 3.10. The number of hydrogen-bond donors (Lipinski definition) is 1. The number of ether oxygens (including phenoxy) is 1. The lowest BCUT2D eigenvalue weighted by Crippen LogP contribution is -2.30. The van der Waals surface area contributed by atoms with E-state index in [0.717, 1.165) is 12.0 Å². The maximum absolute atomic E-state index is 14.1. The Morgan fingerprint density at radius 1 is 1.15 bits per heavy atom. The van der Waals surface area contributed by atoms with Crippen molar-refractivity contribution < 1.29 is 9.13 Å². The normalized spacial score (nSPS) is 19.4. The van der Waals surface area contributed by atoms with Crippen LogP contribution in [0.15, 0.2) is 48.5 Å². The monoisotopic (exact) mass is 271 g/mol. The highest BCUT2D eigenvalue weighted by Crippen LogP contribution is 2.37. The van der Waals surface area contributed by atoms with Gasteiger partial charge in [0, 0.05) is 5.56 Å². The van der Waals surface area contributed by atoms with Crippen LogP contribution >= 0.6 is 0 Å². The van der Waals surface area contributed by atoms with E-state index in [1.165, 1.54) is 11.6 Å². The predicted molar refractivity (Wildman–Crippen MR) is 77.0 cm³/mol. The fourth-order valence-electron chi connectivity index (χ4n) is 2.90. The molecule has 0 fully saturated rings. The molecule has 0 aliphatic carbocycles. The Kier molecular flexibility index (Phi) is 3.81. The second-order valence-electron chi connectivity index (χ2n) is 5.03. The summed E-state index contributed by atoms with van der Waals surface area (Å²) in [4.78, 5) is 0. The molecule has 1 aliphatic rings. The Labute approximate surface area is 118 Å². The third kappa shape index (κ3) is 2.35. The molecule has 2 unspecified atom stereocenters. The second-order valence-corrected chi connectivity index (χ2v) is 5.03. The molecule has 1 heterocycles. The van der Waals surface area contributed by atoms with Crippen molar-refractivity contribution in [1.82, 2.24) is 5.32 Å². The van der Waals surface area contributed by atoms with Crippen LogP contribution in [0.4, 0.5) is 4.39 Å². The minimum atomic E-state index is -0.196. The zero-order valence-electron chi connectivity index (χ0n) is 11.5. The number of fused-ring (bicyclic) bond motifs is 1. The van der Waals surface area contributed by atoms with Crippen molar-refractivity contribution in [3.63, 3.8) is 0 Å². The van der Waals surface area contributed by atoms with E-state index in [9.17, 15) is 4.39 Å². The van der Waals surface area contributed by atoms with Gasteiger partial charge in [-0.25, -0.2) is 4.39 Å². The molecule has 0 bridgehead atoms. The van der Waals surface area contributed by atoms with Gasteiger partial charge in [0.2, 0.25) is 0 Å². The molecule has 0 saturated heterocycles. The molecule has 0 saturated carbocycles. The average Bonchev–Trinajstić information content (AvgIpc) is 2.50. The summed E-state index contributed by atoms with van der Waals surface area (Å²) in [7, 11) is 1.84. The molecule has 2 aromatic rings. The fourth-order valence-corrected chi connectivity index (χ4v) is 2.90. The molecule has 20 heavy (non-hydrogen) atoms. The third-order valence-corrected chi connectivity index (χ3v) is 3.88. The van der Waals surface area contributed by atoms with Gasteiger partial charge >= 0.3 is 0 Å². The van der Waals surface area contributed by atoms with Crippen molar-refractivity contribution in [1.29, 1.82) is 0 Å². The molecule has 2 aromatic carbocycles. The van der Waals surface area contributed by atoms with Crippen molar-refractivity contribution in [2.45, 2.75) is 18.6 Å². The summed E-state index contributed by atoms with van der Waals surface area (Å²) in [6.07, 6.45) is 0.766. The van der Waals surface area contributed by atoms with E-state index in [1.54, 1.807) is 6.07 Å². The van der Waals surface area contributed by atoms with Crippen molar-refractivity contribution in [3.8, 4) is 0 Å². The zero-order chi connectivity index (χ0) is 13.9. The zero-order valence-corrected chi connectivity index (χ0v) is 11.5. The molecule has 2 atom stereocenters. The lowest BCUT2D eigenvalue weighted by Gasteiger charge is -2.32. The SMILES string of the molecule is CNC(c1ccccc1F)C1OCCc2ccccc21. The van der Waals surface area contributed by atoms with Gasteiger partial charge < -0.3 is 10.1 Å². The largest absolute Gasteiger partial charge is 0.371 e. The first kappa shape index (κ1) is 13.3. The van der Waals surface area contributed by atoms with Crippen LogP contribution in [0, 0.1) is 5.82 Å². The van der Waals surface area contributed by atoms with Gasteiger partial charge in [-0.05, 0) is 30.7 Å². The highest BCUT2D eigenvalue weighted by Gasteiger charge is 2.30. The Hall–Kier alpha value is -1.71. The van der Waals surface area contributed by atoms with Crippen LogP contribution in [0.3, 0.4) is 0 Å². The maximum atomic E-state index is 14.1. The fraction of sp³-hybridized carbons (Fsp3) is 0.294. The Balaban J connectivity index is 2.01. The van der Waals surface area contributed by atoms with Crippen molar-refractivity contribution in [2.75, 3.05) is 13.7 Å². The van der Waals surface area contributed by atoms with Crippen LogP contribution in [-0.2, 0) is 11.2 Å². The molecule has 0 amide bonds. The molecule has 0 aromatic heterocycles. The molecule has 2 nitrogen and oxygen atoms in total. The summed E-state index contributed by atoms with van der Waals surface area (Å²) < 4.78 is 20.0. The summed E-state index contributed by atoms with van der Waals surface area (Å²) >= 11 is 0. The van der Waals surface area contributed by atoms with Gasteiger partial charge in [0.25, 0.3) is 0 Å². The lowest BCUT2D eigenvalue weighted by molar-refractivity contribution is 0.0157. The van der Waals surface area contributed by atoms with Gasteiger partial charge in [0.15, 0.2) is 0 Å². The van der Waals surface area contributed by atoms with Crippen LogP contribution in [0.5, 0.6) is 0 Å². The molecule has 3 heteroatoms. The first-order valence-electron chi connectivity index (χ1n) is 6.92. The Morgan fingerprint density at radius 3 is 2.70 bits per heavy atom. The van der Waals surface area contributed by atoms with Gasteiger partial charge in [0.1, 0.15) is 11.9 Å². The smallest absolute Gasteiger partial charge is 0.128 e. The summed E-state index contributed by atoms with van der Waals surface area (Å²) in [5.74, 6) is -0.196. The molecule has 0 spiro atoms. The van der Waals surface area contributed by atoms with E-state index in [0.29, 0.717) is 12.2 Å². The van der Waals surface area contributed by atoms with Crippen molar-refractivity contribution in [2.24, 2.45) is 0 Å². The number of nitrogens with one attached hydrogen (secondary N) is 1. The minimum absolute atomic E-state index is 0.151. The van der Waals surface area contributed by atoms with Crippen LogP contribution in [0.25, 0.3) is 0 Å². The number of hydrogen-bond acceptors (Lipinski definition) is 2. The van der Waals surface area contributed by atoms with Gasteiger partial charge in [-0.1, -0.05) is 42.5 Å². The molecule has 1 N–H and O–H groups in total. The van der Waals surface area contributed by atoms with Crippen LogP contribution in [-0.4, -0.2) is 13.7 Å². The van der Waals surface area contributed by atoms with Crippen molar-refractivity contribution in [3.05, 3.63) is 71.0 Å². The Bertz CT molecular complexity index is 599. The van der Waals surface area contributed by atoms with E-state index in [-0.39, 0.29) is 18.0 Å². The first-order valence-corrected chi connectivity index (χ1v) is 6.92. The second kappa shape index (κ2) is 5.73. The standard InChI is InChI=1S/C17H18FNO/c1-19-16(14-8-4-5-9-15(14)18)17-13-7-3-2-6-12(13)10-11-20-17/h2-9,16-17,19H,10-11H2,1H3. The predicted octanol–water partition coefficient (Wildman–Crippen LogP) is 3.40. The van der Waals surface area contributed by atoms with E-state index in [1.807, 2.05) is 31.3 Å². The molecular weight excluding hydrogens is 253 g/mol. The third-order valence-electron chi connectivity index (χ3n) is 3.88. The van der Waals surface area contributed by atoms with Crippen LogP contribution < -0.4 is 5.32 Å². The summed E-state index contributed by atoms with van der Waals surface area (Å²) in [6.45, 7) is 0.675. The first-order chi connectivity index (χ1) is 9.81. The Morgan fingerprint density at radius 2 is 1.90 bits per heavy atom. The van der Waals surface area contributed by atoms with Gasteiger partial charge in [-0.3, -0.25) is 0 Å². The van der Waals surface area contributed by atoms with Crippen LogP contribution in [0.2, 0.25) is 0 Å². The van der Waals surface area contributed by atoms with Crippen molar-refractivity contribution >= 4 is 0 Å². The van der Waals surface area contributed by atoms with E-state index in [2.05, 4.69) is 17.4 Å². The average molecular weight is 271 g/mol. The van der Waals surface area contributed by atoms with E-state index >= 15 is 0 Å². The molecular formula is C17H18FNO. The number of likely N-dealkylation sites (N-methyl/N-ethyl adjacent to an activating group) is 1. The number of benzene rings is 2. The van der Waals surface area contributed by atoms with Gasteiger partial charge in [-0.2, -0.15) is 0 Å². The number of halogens is 1. The van der Waals surface area contributed by atoms with Gasteiger partial charge in [0.05, 0.1) is 12.6 Å². The topological polar surface area (TPSA) is 21.3 Å². The highest BCUT2D eigenvalue weighted by molar-refractivity contribution is 5.34. The summed E-state index contributed by atoms with van der Waals surface area (Å²) in [5, 5.41) is 3.20. The lowest BCUT2D eigenvalue weighted by atomic mass is 9.90.